The van der Waals surface area contributed by atoms with Crippen LogP contribution in [-0.2, 0) is 11.8 Å². The van der Waals surface area contributed by atoms with Gasteiger partial charge in [0, 0.05) is 56.6 Å². The van der Waals surface area contributed by atoms with E-state index in [0.717, 1.165) is 36.8 Å². The molecular weight excluding hydrogens is 441 g/mol. The van der Waals surface area contributed by atoms with Gasteiger partial charge >= 0.3 is 6.36 Å². The second-order valence-corrected chi connectivity index (χ2v) is 8.85. The number of nitrogens with one attached hydrogen (secondary N) is 1. The average molecular weight is 462 g/mol. The highest BCUT2D eigenvalue weighted by molar-refractivity contribution is 6.00. The Bertz CT molecular complexity index is 1220. The molecule has 1 N–H and O–H groups in total. The molecule has 5 rings (SSSR count). The topological polar surface area (TPSA) is 93.8 Å². The predicted octanol–water partition coefficient (Wildman–Crippen LogP) is 2.85. The van der Waals surface area contributed by atoms with Gasteiger partial charge in [-0.25, -0.2) is 9.50 Å². The molecule has 0 aromatic carbocycles. The van der Waals surface area contributed by atoms with Crippen molar-refractivity contribution in [1.29, 1.82) is 0 Å². The van der Waals surface area contributed by atoms with Crippen LogP contribution in [0.5, 0.6) is 5.75 Å². The van der Waals surface area contributed by atoms with E-state index in [2.05, 4.69) is 20.1 Å². The Kier molecular flexibility index (Phi) is 4.83. The normalized spacial score (nSPS) is 17.6. The average Bonchev–Trinajstić information content (AvgIpc) is 3.24. The molecule has 1 saturated carbocycles. The summed E-state index contributed by atoms with van der Waals surface area (Å²) in [5, 5.41) is 6.73. The number of pyridine rings is 1. The van der Waals surface area contributed by atoms with E-state index in [9.17, 15) is 22.8 Å². The number of imidazole rings is 1. The van der Waals surface area contributed by atoms with Gasteiger partial charge in [0.25, 0.3) is 5.91 Å². The smallest absolute Gasteiger partial charge is 0.406 e. The number of nitrogens with zero attached hydrogens (tertiary/aromatic N) is 5. The summed E-state index contributed by atoms with van der Waals surface area (Å²) in [5.41, 5.74) is 1.36. The fourth-order valence-corrected chi connectivity index (χ4v) is 4.98. The number of ether oxygens (including phenoxy) is 1. The van der Waals surface area contributed by atoms with Crippen LogP contribution in [0.2, 0.25) is 0 Å². The Labute approximate surface area is 186 Å². The number of aryl methyl sites for hydroxylation is 1. The Morgan fingerprint density at radius 1 is 1.27 bits per heavy atom. The lowest BCUT2D eigenvalue weighted by molar-refractivity contribution is -0.274. The van der Waals surface area contributed by atoms with Gasteiger partial charge in [-0.15, -0.1) is 13.2 Å². The summed E-state index contributed by atoms with van der Waals surface area (Å²) >= 11 is 0. The van der Waals surface area contributed by atoms with Gasteiger partial charge in [-0.3, -0.25) is 9.59 Å². The van der Waals surface area contributed by atoms with Crippen molar-refractivity contribution >= 4 is 23.3 Å². The van der Waals surface area contributed by atoms with Crippen molar-refractivity contribution in [1.82, 2.24) is 24.1 Å². The van der Waals surface area contributed by atoms with Crippen LogP contribution in [0.4, 0.5) is 19.0 Å². The first-order valence-corrected chi connectivity index (χ1v) is 10.4. The summed E-state index contributed by atoms with van der Waals surface area (Å²) < 4.78 is 44.4. The number of fused-ring (bicyclic) bond motifs is 1. The molecule has 33 heavy (non-hydrogen) atoms. The maximum atomic E-state index is 12.9. The quantitative estimate of drug-likeness (QED) is 0.630. The molecule has 12 heteroatoms. The molecule has 3 aromatic heterocycles. The van der Waals surface area contributed by atoms with Crippen LogP contribution in [0, 0.1) is 11.3 Å². The number of amides is 2. The molecule has 3 aromatic rings. The molecule has 2 aliphatic rings. The third kappa shape index (κ3) is 4.12. The number of hydrogen-bond acceptors (Lipinski definition) is 5. The summed E-state index contributed by atoms with van der Waals surface area (Å²) in [5.74, 6) is -0.645. The highest BCUT2D eigenvalue weighted by Gasteiger charge is 2.54. The van der Waals surface area contributed by atoms with Crippen LogP contribution in [0.3, 0.4) is 0 Å². The SMILES string of the molecule is Cn1ccn2ncc(C(=O)N3CC4(CC(CC(=O)Nc5cc(OC(F)(F)F)ccn5)C4)C3)c12. The summed E-state index contributed by atoms with van der Waals surface area (Å²) in [6.45, 7) is 1.29. The van der Waals surface area contributed by atoms with Crippen LogP contribution in [0.25, 0.3) is 5.65 Å². The van der Waals surface area contributed by atoms with Crippen molar-refractivity contribution < 1.29 is 27.5 Å². The number of hydrogen-bond donors (Lipinski definition) is 1. The molecule has 2 fully saturated rings. The maximum absolute atomic E-state index is 12.9. The van der Waals surface area contributed by atoms with Crippen molar-refractivity contribution in [3.8, 4) is 5.75 Å². The fourth-order valence-electron chi connectivity index (χ4n) is 4.98. The zero-order valence-corrected chi connectivity index (χ0v) is 17.7. The third-order valence-corrected chi connectivity index (χ3v) is 6.25. The van der Waals surface area contributed by atoms with Gasteiger partial charge in [0.15, 0.2) is 0 Å². The molecule has 1 aliphatic carbocycles. The van der Waals surface area contributed by atoms with Crippen LogP contribution >= 0.6 is 0 Å². The van der Waals surface area contributed by atoms with Crippen LogP contribution in [-0.4, -0.2) is 55.3 Å². The minimum Gasteiger partial charge on any atom is -0.406 e. The van der Waals surface area contributed by atoms with Crippen molar-refractivity contribution in [3.05, 3.63) is 42.5 Å². The molecule has 0 bridgehead atoms. The first kappa shape index (κ1) is 21.3. The lowest BCUT2D eigenvalue weighted by atomic mass is 9.57. The molecule has 9 nitrogen and oxygen atoms in total. The Balaban J connectivity index is 1.10. The van der Waals surface area contributed by atoms with Crippen molar-refractivity contribution in [2.24, 2.45) is 18.4 Å². The van der Waals surface area contributed by atoms with E-state index < -0.39 is 12.1 Å². The molecular formula is C21H21F3N6O3. The number of rotatable bonds is 5. The van der Waals surface area contributed by atoms with Crippen LogP contribution in [0.15, 0.2) is 36.9 Å². The van der Waals surface area contributed by atoms with Gasteiger partial charge in [0.05, 0.1) is 6.20 Å². The molecule has 1 aliphatic heterocycles. The van der Waals surface area contributed by atoms with E-state index in [0.29, 0.717) is 18.7 Å². The number of likely N-dealkylation sites (tertiary alicyclic amines) is 1. The summed E-state index contributed by atoms with van der Waals surface area (Å²) in [6, 6.07) is 2.10. The van der Waals surface area contributed by atoms with Gasteiger partial charge in [-0.1, -0.05) is 0 Å². The summed E-state index contributed by atoms with van der Waals surface area (Å²) in [7, 11) is 1.86. The minimum atomic E-state index is -4.81. The maximum Gasteiger partial charge on any atom is 0.573 e. The first-order chi connectivity index (χ1) is 15.6. The lowest BCUT2D eigenvalue weighted by Gasteiger charge is -2.59. The van der Waals surface area contributed by atoms with E-state index in [4.69, 9.17) is 0 Å². The zero-order valence-electron chi connectivity index (χ0n) is 17.7. The van der Waals surface area contributed by atoms with Gasteiger partial charge in [0.1, 0.15) is 22.8 Å². The highest BCUT2D eigenvalue weighted by atomic mass is 19.4. The second kappa shape index (κ2) is 7.49. The Hall–Kier alpha value is -3.57. The third-order valence-electron chi connectivity index (χ3n) is 6.25. The van der Waals surface area contributed by atoms with Gasteiger partial charge < -0.3 is 19.5 Å². The van der Waals surface area contributed by atoms with Gasteiger partial charge in [-0.2, -0.15) is 5.10 Å². The molecule has 174 valence electrons. The second-order valence-electron chi connectivity index (χ2n) is 8.85. The molecule has 1 saturated heterocycles. The van der Waals surface area contributed by atoms with Gasteiger partial charge in [0.2, 0.25) is 5.91 Å². The number of anilines is 1. The van der Waals surface area contributed by atoms with Crippen molar-refractivity contribution in [2.45, 2.75) is 25.6 Å². The number of halogens is 3. The molecule has 0 radical (unpaired) electrons. The van der Waals surface area contributed by atoms with E-state index in [1.165, 1.54) is 0 Å². The van der Waals surface area contributed by atoms with Crippen molar-refractivity contribution in [3.63, 3.8) is 0 Å². The van der Waals surface area contributed by atoms with E-state index in [1.807, 2.05) is 17.8 Å². The number of carbonyl (C=O) groups is 2. The number of aromatic nitrogens is 4. The molecule has 4 heterocycles. The molecule has 2 amide bonds. The number of carbonyl (C=O) groups excluding carboxylic acids is 2. The van der Waals surface area contributed by atoms with E-state index in [-0.39, 0.29) is 35.4 Å². The predicted molar refractivity (Wildman–Crippen MR) is 109 cm³/mol. The lowest BCUT2D eigenvalue weighted by Crippen LogP contribution is -2.63. The van der Waals surface area contributed by atoms with Crippen LogP contribution in [0.1, 0.15) is 29.6 Å². The van der Waals surface area contributed by atoms with Gasteiger partial charge in [-0.05, 0) is 24.8 Å². The van der Waals surface area contributed by atoms with E-state index >= 15 is 0 Å². The highest BCUT2D eigenvalue weighted by Crippen LogP contribution is 2.53. The molecule has 0 atom stereocenters. The fraction of sp³-hybridized carbons (Fsp3) is 0.429. The Morgan fingerprint density at radius 2 is 2.03 bits per heavy atom. The first-order valence-electron chi connectivity index (χ1n) is 10.4. The standard InChI is InChI=1S/C21H21F3N6O3/c1-28-4-5-30-18(28)15(10-26-30)19(32)29-11-20(12-29)8-13(9-20)6-17(31)27-16-7-14(2-3-25-16)33-21(22,23)24/h2-5,7,10,13H,6,8-9,11-12H2,1H3,(H,25,27,31). The van der Waals surface area contributed by atoms with Crippen LogP contribution < -0.4 is 10.1 Å². The van der Waals surface area contributed by atoms with E-state index in [1.54, 1.807) is 21.8 Å². The largest absolute Gasteiger partial charge is 0.573 e. The Morgan fingerprint density at radius 3 is 2.76 bits per heavy atom. The number of alkyl halides is 3. The van der Waals surface area contributed by atoms with Crippen molar-refractivity contribution in [2.75, 3.05) is 18.4 Å². The molecule has 0 unspecified atom stereocenters. The monoisotopic (exact) mass is 462 g/mol. The molecule has 1 spiro atoms. The zero-order chi connectivity index (χ0) is 23.4. The minimum absolute atomic E-state index is 0.00405. The summed E-state index contributed by atoms with van der Waals surface area (Å²) in [6.07, 6.45) is 3.43. The summed E-state index contributed by atoms with van der Waals surface area (Å²) in [4.78, 5) is 30.8.